The number of nitrogens with one attached hydrogen (secondary N) is 1. The molecule has 3 heterocycles. The number of alkyl halides is 1. The standard InChI is InChI=1S/C25H27FN6O3S/c1-14-7-21-25(28-14)22(9-17(29-21)10-24(33)18-11-19(18)26)30-20-6-5-15(16-12-27-31(2)13-16)8-23(20)32(3)36(4,34)35/h5-6,8-9,12-13,18-19H,7,10-11H2,1-4H3,(H,29,30)/t18-,19+/m1/s1. The molecule has 2 aromatic heterocycles. The summed E-state index contributed by atoms with van der Waals surface area (Å²) in [7, 11) is -0.255. The van der Waals surface area contributed by atoms with Gasteiger partial charge in [0, 0.05) is 44.4 Å². The zero-order chi connectivity index (χ0) is 25.8. The maximum atomic E-state index is 13.4. The van der Waals surface area contributed by atoms with Crippen LogP contribution in [0, 0.1) is 5.92 Å². The molecule has 9 nitrogen and oxygen atoms in total. The summed E-state index contributed by atoms with van der Waals surface area (Å²) < 4.78 is 41.2. The predicted molar refractivity (Wildman–Crippen MR) is 138 cm³/mol. The van der Waals surface area contributed by atoms with E-state index in [1.54, 1.807) is 29.1 Å². The van der Waals surface area contributed by atoms with Gasteiger partial charge in [-0.3, -0.25) is 23.8 Å². The number of fused-ring (bicyclic) bond motifs is 1. The lowest BCUT2D eigenvalue weighted by molar-refractivity contribution is -0.120. The first-order valence-electron chi connectivity index (χ1n) is 11.6. The summed E-state index contributed by atoms with van der Waals surface area (Å²) in [6, 6.07) is 7.22. The Morgan fingerprint density at radius 1 is 1.25 bits per heavy atom. The molecule has 3 aromatic rings. The number of aryl methyl sites for hydroxylation is 1. The monoisotopic (exact) mass is 510 g/mol. The highest BCUT2D eigenvalue weighted by molar-refractivity contribution is 7.92. The average Bonchev–Trinajstić information content (AvgIpc) is 3.18. The highest BCUT2D eigenvalue weighted by Crippen LogP contribution is 2.41. The Hall–Kier alpha value is -3.60. The van der Waals surface area contributed by atoms with Gasteiger partial charge in [-0.15, -0.1) is 0 Å². The van der Waals surface area contributed by atoms with Crippen LogP contribution < -0.4 is 9.62 Å². The summed E-state index contributed by atoms with van der Waals surface area (Å²) >= 11 is 0. The Balaban J connectivity index is 1.55. The number of carbonyl (C=O) groups excluding carboxylic acids is 1. The Morgan fingerprint density at radius 2 is 2.00 bits per heavy atom. The molecule has 0 saturated heterocycles. The van der Waals surface area contributed by atoms with Gasteiger partial charge in [-0.2, -0.15) is 5.10 Å². The fourth-order valence-electron chi connectivity index (χ4n) is 4.33. The molecular weight excluding hydrogens is 483 g/mol. The van der Waals surface area contributed by atoms with Crippen LogP contribution in [0.1, 0.15) is 24.7 Å². The number of carbonyl (C=O) groups is 1. The van der Waals surface area contributed by atoms with Gasteiger partial charge < -0.3 is 5.32 Å². The van der Waals surface area contributed by atoms with Gasteiger partial charge in [-0.25, -0.2) is 12.8 Å². The summed E-state index contributed by atoms with van der Waals surface area (Å²) in [4.78, 5) is 21.7. The summed E-state index contributed by atoms with van der Waals surface area (Å²) in [5.74, 6) is -0.695. The number of Topliss-reactive ketones (excluding diaryl/α,β-unsaturated/α-hetero) is 1. The molecule has 0 amide bonds. The van der Waals surface area contributed by atoms with Crippen molar-refractivity contribution >= 4 is 44.3 Å². The molecule has 1 aliphatic heterocycles. The Morgan fingerprint density at radius 3 is 2.64 bits per heavy atom. The van der Waals surface area contributed by atoms with Crippen LogP contribution >= 0.6 is 0 Å². The summed E-state index contributed by atoms with van der Waals surface area (Å²) in [6.07, 6.45) is 4.53. The van der Waals surface area contributed by atoms with Gasteiger partial charge in [-0.1, -0.05) is 6.07 Å². The van der Waals surface area contributed by atoms with E-state index in [1.807, 2.05) is 26.2 Å². The van der Waals surface area contributed by atoms with Gasteiger partial charge >= 0.3 is 0 Å². The smallest absolute Gasteiger partial charge is 0.232 e. The second kappa shape index (κ2) is 8.81. The van der Waals surface area contributed by atoms with Gasteiger partial charge in [0.25, 0.3) is 0 Å². The van der Waals surface area contributed by atoms with E-state index in [0.717, 1.165) is 28.8 Å². The van der Waals surface area contributed by atoms with Gasteiger partial charge in [0.2, 0.25) is 10.0 Å². The topological polar surface area (TPSA) is 110 Å². The number of hydrogen-bond donors (Lipinski definition) is 1. The van der Waals surface area contributed by atoms with Crippen LogP contribution in [-0.4, -0.2) is 54.2 Å². The molecule has 0 unspecified atom stereocenters. The minimum atomic E-state index is -3.56. The molecule has 2 atom stereocenters. The lowest BCUT2D eigenvalue weighted by atomic mass is 10.1. The lowest BCUT2D eigenvalue weighted by Gasteiger charge is -2.22. The summed E-state index contributed by atoms with van der Waals surface area (Å²) in [5, 5.41) is 7.54. The molecule has 1 saturated carbocycles. The summed E-state index contributed by atoms with van der Waals surface area (Å²) in [5.41, 5.74) is 6.08. The van der Waals surface area contributed by atoms with Crippen LogP contribution in [0.25, 0.3) is 11.1 Å². The molecule has 0 radical (unpaired) electrons. The summed E-state index contributed by atoms with van der Waals surface area (Å²) in [6.45, 7) is 1.90. The first kappa shape index (κ1) is 24.1. The third kappa shape index (κ3) is 4.75. The van der Waals surface area contributed by atoms with Crippen LogP contribution in [0.3, 0.4) is 0 Å². The van der Waals surface area contributed by atoms with Crippen molar-refractivity contribution < 1.29 is 17.6 Å². The molecule has 1 aliphatic carbocycles. The SMILES string of the molecule is CC1=Nc2c(Nc3ccc(-c4cnn(C)c4)cc3N(C)S(C)(=O)=O)cc(CC(=O)[C@@H]3C[C@@H]3F)nc2C1. The number of nitrogens with zero attached hydrogens (tertiary/aromatic N) is 5. The number of benzene rings is 1. The molecule has 1 N–H and O–H groups in total. The molecule has 5 rings (SSSR count). The average molecular weight is 511 g/mol. The molecular formula is C25H27FN6O3S. The van der Waals surface area contributed by atoms with Crippen molar-refractivity contribution in [2.75, 3.05) is 22.9 Å². The highest BCUT2D eigenvalue weighted by Gasteiger charge is 2.43. The van der Waals surface area contributed by atoms with E-state index in [1.165, 1.54) is 11.4 Å². The Labute approximate surface area is 209 Å². The van der Waals surface area contributed by atoms with Crippen molar-refractivity contribution in [1.82, 2.24) is 14.8 Å². The van der Waals surface area contributed by atoms with E-state index in [2.05, 4.69) is 20.4 Å². The molecule has 1 fully saturated rings. The molecule has 0 spiro atoms. The number of pyridine rings is 1. The van der Waals surface area contributed by atoms with Gasteiger partial charge in [0.05, 0.1) is 46.8 Å². The Kier molecular flexibility index (Phi) is 5.90. The molecule has 0 bridgehead atoms. The van der Waals surface area contributed by atoms with Gasteiger partial charge in [0.1, 0.15) is 17.6 Å². The largest absolute Gasteiger partial charge is 0.352 e. The maximum Gasteiger partial charge on any atom is 0.232 e. The number of aliphatic imine (C=N–C) groups is 1. The van der Waals surface area contributed by atoms with Gasteiger partial charge in [0.15, 0.2) is 0 Å². The van der Waals surface area contributed by atoms with Crippen LogP contribution in [0.5, 0.6) is 0 Å². The minimum absolute atomic E-state index is 0.0438. The van der Waals surface area contributed by atoms with Crippen LogP contribution in [0.4, 0.5) is 27.1 Å². The lowest BCUT2D eigenvalue weighted by Crippen LogP contribution is -2.25. The molecule has 2 aliphatic rings. The predicted octanol–water partition coefficient (Wildman–Crippen LogP) is 3.74. The third-order valence-electron chi connectivity index (χ3n) is 6.47. The van der Waals surface area contributed by atoms with Crippen LogP contribution in [0.15, 0.2) is 41.7 Å². The second-order valence-electron chi connectivity index (χ2n) is 9.47. The van der Waals surface area contributed by atoms with Crippen molar-refractivity contribution in [3.8, 4) is 11.1 Å². The highest BCUT2D eigenvalue weighted by atomic mass is 32.2. The maximum absolute atomic E-state index is 13.4. The first-order valence-corrected chi connectivity index (χ1v) is 13.4. The van der Waals surface area contributed by atoms with Gasteiger partial charge in [-0.05, 0) is 37.1 Å². The van der Waals surface area contributed by atoms with Crippen molar-refractivity contribution in [2.24, 2.45) is 18.0 Å². The molecule has 11 heteroatoms. The number of rotatable bonds is 8. The zero-order valence-corrected chi connectivity index (χ0v) is 21.3. The molecule has 188 valence electrons. The quantitative estimate of drug-likeness (QED) is 0.495. The fourth-order valence-corrected chi connectivity index (χ4v) is 4.84. The zero-order valence-electron chi connectivity index (χ0n) is 20.5. The van der Waals surface area contributed by atoms with E-state index in [0.29, 0.717) is 34.9 Å². The van der Waals surface area contributed by atoms with Crippen molar-refractivity contribution in [3.05, 3.63) is 48.0 Å². The van der Waals surface area contributed by atoms with Crippen LogP contribution in [0.2, 0.25) is 0 Å². The normalized spacial score (nSPS) is 18.5. The fraction of sp³-hybridized carbons (Fsp3) is 0.360. The van der Waals surface area contributed by atoms with Crippen molar-refractivity contribution in [3.63, 3.8) is 0 Å². The second-order valence-corrected chi connectivity index (χ2v) is 11.5. The number of ketones is 1. The molecule has 36 heavy (non-hydrogen) atoms. The Bertz CT molecular complexity index is 1510. The van der Waals surface area contributed by atoms with E-state index >= 15 is 0 Å². The van der Waals surface area contributed by atoms with Crippen LogP contribution in [-0.2, 0) is 34.7 Å². The number of hydrogen-bond acceptors (Lipinski definition) is 7. The van der Waals surface area contributed by atoms with E-state index in [9.17, 15) is 17.6 Å². The van der Waals surface area contributed by atoms with Crippen molar-refractivity contribution in [2.45, 2.75) is 32.4 Å². The number of anilines is 3. The van der Waals surface area contributed by atoms with E-state index in [-0.39, 0.29) is 18.6 Å². The number of halogens is 1. The third-order valence-corrected chi connectivity index (χ3v) is 7.66. The number of aromatic nitrogens is 3. The van der Waals surface area contributed by atoms with Crippen molar-refractivity contribution in [1.29, 1.82) is 0 Å². The molecule has 1 aromatic carbocycles. The first-order chi connectivity index (χ1) is 17.0. The van der Waals surface area contributed by atoms with E-state index < -0.39 is 22.1 Å². The number of sulfonamides is 1. The van der Waals surface area contributed by atoms with E-state index in [4.69, 9.17) is 0 Å². The minimum Gasteiger partial charge on any atom is -0.352 e.